The third-order valence-corrected chi connectivity index (χ3v) is 7.59. The SMILES string of the molecule is CCCS(=O)(=O)N1CCCCC1C(=O)NCCCc1cn(-c2ccccc2)nc1C. The van der Waals surface area contributed by atoms with Crippen LogP contribution in [0.3, 0.4) is 0 Å². The first-order chi connectivity index (χ1) is 14.4. The second-order valence-electron chi connectivity index (χ2n) is 7.85. The van der Waals surface area contributed by atoms with E-state index in [9.17, 15) is 13.2 Å². The maximum absolute atomic E-state index is 12.7. The lowest BCUT2D eigenvalue weighted by atomic mass is 10.0. The Labute approximate surface area is 179 Å². The highest BCUT2D eigenvalue weighted by Crippen LogP contribution is 2.21. The lowest BCUT2D eigenvalue weighted by Crippen LogP contribution is -2.52. The number of nitrogens with zero attached hydrogens (tertiary/aromatic N) is 3. The minimum Gasteiger partial charge on any atom is -0.355 e. The van der Waals surface area contributed by atoms with E-state index in [1.165, 1.54) is 4.31 Å². The Morgan fingerprint density at radius 1 is 1.23 bits per heavy atom. The molecule has 1 aromatic carbocycles. The standard InChI is InChI=1S/C22H32N4O3S/c1-3-16-30(28,29)26-15-8-7-13-21(26)22(27)23-14-9-10-19-17-25(24-18(19)2)20-11-5-4-6-12-20/h4-6,11-12,17,21H,3,7-10,13-16H2,1-2H3,(H,23,27). The van der Waals surface area contributed by atoms with Crippen molar-refractivity contribution in [3.05, 3.63) is 47.8 Å². The number of benzene rings is 1. The first kappa shape index (κ1) is 22.5. The molecular weight excluding hydrogens is 400 g/mol. The second-order valence-corrected chi connectivity index (χ2v) is 9.89. The van der Waals surface area contributed by atoms with Gasteiger partial charge in [0, 0.05) is 19.3 Å². The van der Waals surface area contributed by atoms with Crippen LogP contribution in [0.5, 0.6) is 0 Å². The number of aromatic nitrogens is 2. The van der Waals surface area contributed by atoms with Crippen molar-refractivity contribution in [2.45, 2.75) is 58.4 Å². The number of piperidine rings is 1. The third kappa shape index (κ3) is 5.49. The third-order valence-electron chi connectivity index (χ3n) is 5.52. The monoisotopic (exact) mass is 432 g/mol. The Hall–Kier alpha value is -2.19. The molecule has 0 aliphatic carbocycles. The molecule has 0 saturated carbocycles. The molecule has 0 spiro atoms. The molecule has 1 fully saturated rings. The van der Waals surface area contributed by atoms with Crippen LogP contribution in [0.15, 0.2) is 36.5 Å². The highest BCUT2D eigenvalue weighted by molar-refractivity contribution is 7.89. The van der Waals surface area contributed by atoms with Crippen LogP contribution in [-0.4, -0.2) is 53.3 Å². The van der Waals surface area contributed by atoms with E-state index in [4.69, 9.17) is 0 Å². The zero-order valence-electron chi connectivity index (χ0n) is 17.9. The summed E-state index contributed by atoms with van der Waals surface area (Å²) >= 11 is 0. The summed E-state index contributed by atoms with van der Waals surface area (Å²) in [4.78, 5) is 12.7. The number of hydrogen-bond donors (Lipinski definition) is 1. The van der Waals surface area contributed by atoms with Gasteiger partial charge in [0.05, 0.1) is 17.1 Å². The molecule has 164 valence electrons. The average molecular weight is 433 g/mol. The second kappa shape index (κ2) is 10.2. The van der Waals surface area contributed by atoms with E-state index < -0.39 is 16.1 Å². The van der Waals surface area contributed by atoms with Crippen LogP contribution in [-0.2, 0) is 21.2 Å². The molecule has 0 bridgehead atoms. The van der Waals surface area contributed by atoms with E-state index in [1.54, 1.807) is 0 Å². The van der Waals surface area contributed by atoms with Crippen LogP contribution in [0.4, 0.5) is 0 Å². The fraction of sp³-hybridized carbons (Fsp3) is 0.545. The van der Waals surface area contributed by atoms with Crippen LogP contribution in [0.1, 0.15) is 50.3 Å². The van der Waals surface area contributed by atoms with Gasteiger partial charge in [-0.1, -0.05) is 31.5 Å². The minimum atomic E-state index is -3.37. The first-order valence-corrected chi connectivity index (χ1v) is 12.4. The molecule has 1 aliphatic heterocycles. The van der Waals surface area contributed by atoms with E-state index in [0.29, 0.717) is 25.9 Å². The van der Waals surface area contributed by atoms with Crippen LogP contribution >= 0.6 is 0 Å². The molecule has 0 radical (unpaired) electrons. The molecule has 7 nitrogen and oxygen atoms in total. The molecule has 1 atom stereocenters. The van der Waals surface area contributed by atoms with Gasteiger partial charge in [-0.15, -0.1) is 0 Å². The quantitative estimate of drug-likeness (QED) is 0.618. The molecule has 1 aliphatic rings. The molecule has 1 saturated heterocycles. The maximum atomic E-state index is 12.7. The number of para-hydroxylation sites is 1. The number of sulfonamides is 1. The van der Waals surface area contributed by atoms with Gasteiger partial charge in [0.1, 0.15) is 6.04 Å². The van der Waals surface area contributed by atoms with Crippen LogP contribution in [0.2, 0.25) is 0 Å². The number of carbonyl (C=O) groups is 1. The highest BCUT2D eigenvalue weighted by atomic mass is 32.2. The summed E-state index contributed by atoms with van der Waals surface area (Å²) in [6.07, 6.45) is 6.47. The van der Waals surface area contributed by atoms with Gasteiger partial charge < -0.3 is 5.32 Å². The molecule has 3 rings (SSSR count). The molecular formula is C22H32N4O3S. The van der Waals surface area contributed by atoms with Crippen LogP contribution in [0.25, 0.3) is 5.69 Å². The fourth-order valence-electron chi connectivity index (χ4n) is 3.94. The summed E-state index contributed by atoms with van der Waals surface area (Å²) < 4.78 is 28.3. The zero-order chi connectivity index (χ0) is 21.6. The normalized spacial score (nSPS) is 17.7. The first-order valence-electron chi connectivity index (χ1n) is 10.8. The molecule has 1 aromatic heterocycles. The maximum Gasteiger partial charge on any atom is 0.238 e. The summed E-state index contributed by atoms with van der Waals surface area (Å²) in [6.45, 7) is 4.80. The predicted molar refractivity (Wildman–Crippen MR) is 118 cm³/mol. The number of nitrogens with one attached hydrogen (secondary N) is 1. The topological polar surface area (TPSA) is 84.3 Å². The van der Waals surface area contributed by atoms with Gasteiger partial charge in [0.25, 0.3) is 0 Å². The van der Waals surface area contributed by atoms with Gasteiger partial charge in [0.2, 0.25) is 15.9 Å². The highest BCUT2D eigenvalue weighted by Gasteiger charge is 2.35. The Bertz CT molecular complexity index is 941. The van der Waals surface area contributed by atoms with Gasteiger partial charge in [0.15, 0.2) is 0 Å². The molecule has 8 heteroatoms. The van der Waals surface area contributed by atoms with E-state index in [-0.39, 0.29) is 11.7 Å². The average Bonchev–Trinajstić information content (AvgIpc) is 3.12. The molecule has 1 unspecified atom stereocenters. The van der Waals surface area contributed by atoms with Crippen molar-refractivity contribution in [2.75, 3.05) is 18.8 Å². The number of carbonyl (C=O) groups excluding carboxylic acids is 1. The van der Waals surface area contributed by atoms with E-state index in [2.05, 4.69) is 10.4 Å². The Kier molecular flexibility index (Phi) is 7.66. The summed E-state index contributed by atoms with van der Waals surface area (Å²) in [5.74, 6) is -0.0763. The van der Waals surface area contributed by atoms with Crippen LogP contribution < -0.4 is 5.32 Å². The summed E-state index contributed by atoms with van der Waals surface area (Å²) in [7, 11) is -3.37. The fourth-order valence-corrected chi connectivity index (χ4v) is 5.68. The molecule has 2 heterocycles. The van der Waals surface area contributed by atoms with E-state index in [1.807, 2.05) is 55.1 Å². The van der Waals surface area contributed by atoms with Gasteiger partial charge in [-0.05, 0) is 56.7 Å². The Morgan fingerprint density at radius 3 is 2.73 bits per heavy atom. The summed E-state index contributed by atoms with van der Waals surface area (Å²) in [5, 5.41) is 7.53. The Morgan fingerprint density at radius 2 is 2.00 bits per heavy atom. The molecule has 30 heavy (non-hydrogen) atoms. The van der Waals surface area contributed by atoms with Crippen molar-refractivity contribution in [1.29, 1.82) is 0 Å². The number of amides is 1. The molecule has 1 N–H and O–H groups in total. The van der Waals surface area contributed by atoms with Gasteiger partial charge in [-0.2, -0.15) is 9.40 Å². The predicted octanol–water partition coefficient (Wildman–Crippen LogP) is 2.82. The van der Waals surface area contributed by atoms with E-state index in [0.717, 1.165) is 42.6 Å². The minimum absolute atomic E-state index is 0.0987. The summed E-state index contributed by atoms with van der Waals surface area (Å²) in [5.41, 5.74) is 3.15. The smallest absolute Gasteiger partial charge is 0.238 e. The van der Waals surface area contributed by atoms with Crippen molar-refractivity contribution in [2.24, 2.45) is 0 Å². The van der Waals surface area contributed by atoms with Crippen molar-refractivity contribution in [3.8, 4) is 5.69 Å². The lowest BCUT2D eigenvalue weighted by Gasteiger charge is -2.33. The van der Waals surface area contributed by atoms with Gasteiger partial charge >= 0.3 is 0 Å². The van der Waals surface area contributed by atoms with Crippen molar-refractivity contribution >= 4 is 15.9 Å². The lowest BCUT2D eigenvalue weighted by molar-refractivity contribution is -0.125. The number of rotatable bonds is 9. The molecule has 1 amide bonds. The number of aryl methyl sites for hydroxylation is 2. The van der Waals surface area contributed by atoms with E-state index >= 15 is 0 Å². The largest absolute Gasteiger partial charge is 0.355 e. The molecule has 2 aromatic rings. The zero-order valence-corrected chi connectivity index (χ0v) is 18.7. The Balaban J connectivity index is 1.53. The van der Waals surface area contributed by atoms with Crippen molar-refractivity contribution < 1.29 is 13.2 Å². The van der Waals surface area contributed by atoms with Crippen molar-refractivity contribution in [1.82, 2.24) is 19.4 Å². The van der Waals surface area contributed by atoms with Gasteiger partial charge in [-0.25, -0.2) is 13.1 Å². The number of hydrogen-bond acceptors (Lipinski definition) is 4. The van der Waals surface area contributed by atoms with Gasteiger partial charge in [-0.3, -0.25) is 4.79 Å². The van der Waals surface area contributed by atoms with Crippen molar-refractivity contribution in [3.63, 3.8) is 0 Å². The van der Waals surface area contributed by atoms with Crippen LogP contribution in [0, 0.1) is 6.92 Å². The summed E-state index contributed by atoms with van der Waals surface area (Å²) in [6, 6.07) is 9.40.